The Morgan fingerprint density at radius 2 is 0.500 bits per heavy atom. The molecule has 9 aromatic rings. The van der Waals surface area contributed by atoms with Gasteiger partial charge in [-0.05, 0) is 135 Å². The van der Waals surface area contributed by atoms with E-state index in [9.17, 15) is 0 Å². The highest BCUT2D eigenvalue weighted by molar-refractivity contribution is 7.19. The second-order valence-corrected chi connectivity index (χ2v) is 35.0. The van der Waals surface area contributed by atoms with E-state index in [-0.39, 0.29) is 64.8 Å². The Hall–Kier alpha value is -6.32. The van der Waals surface area contributed by atoms with E-state index in [1.807, 2.05) is 34.2 Å². The summed E-state index contributed by atoms with van der Waals surface area (Å²) in [5.74, 6) is 0. The summed E-state index contributed by atoms with van der Waals surface area (Å²) in [6, 6.07) is 67.7. The van der Waals surface area contributed by atoms with Gasteiger partial charge in [-0.1, -0.05) is 458 Å². The number of rotatable bonds is 0. The van der Waals surface area contributed by atoms with Crippen molar-refractivity contribution in [2.45, 2.75) is 270 Å². The third-order valence-corrected chi connectivity index (χ3v) is 13.1. The maximum atomic E-state index is 2.31. The van der Waals surface area contributed by atoms with Crippen molar-refractivity contribution in [3.05, 3.63) is 267 Å². The summed E-state index contributed by atoms with van der Waals surface area (Å²) in [4.78, 5) is 1.47. The van der Waals surface area contributed by atoms with Crippen LogP contribution in [0.25, 0.3) is 39.1 Å². The van der Waals surface area contributed by atoms with E-state index in [2.05, 4.69) is 398 Å². The van der Waals surface area contributed by atoms with Crippen molar-refractivity contribution in [1.82, 2.24) is 0 Å². The molecule has 0 aliphatic heterocycles. The molecule has 7 aromatic carbocycles. The summed E-state index contributed by atoms with van der Waals surface area (Å²) in [7, 11) is 0. The number of hydrogen-bond donors (Lipinski definition) is 0. The van der Waals surface area contributed by atoms with E-state index < -0.39 is 0 Å². The minimum atomic E-state index is 0. The summed E-state index contributed by atoms with van der Waals surface area (Å²) in [6.07, 6.45) is 16.5. The van der Waals surface area contributed by atoms with Crippen LogP contribution in [0.15, 0.2) is 223 Å². The van der Waals surface area contributed by atoms with E-state index >= 15 is 0 Å². The van der Waals surface area contributed by atoms with Crippen molar-refractivity contribution in [2.75, 3.05) is 0 Å². The molecule has 0 radical (unpaired) electrons. The van der Waals surface area contributed by atoms with Gasteiger partial charge in [-0.15, -0.1) is 11.3 Å². The molecule has 3 aliphatic rings. The quantitative estimate of drug-likeness (QED) is 0.142. The number of benzene rings is 7. The van der Waals surface area contributed by atoms with Gasteiger partial charge in [0.05, 0.1) is 0 Å². The van der Waals surface area contributed by atoms with Gasteiger partial charge < -0.3 is 0 Å². The molecule has 0 unspecified atom stereocenters. The maximum Gasteiger partial charge on any atom is 0.0345 e. The molecule has 0 amide bonds. The first-order valence-electron chi connectivity index (χ1n) is 32.7. The topological polar surface area (TPSA) is 0 Å². The van der Waals surface area contributed by atoms with Gasteiger partial charge in [0, 0.05) is 9.58 Å². The van der Waals surface area contributed by atoms with Crippen LogP contribution in [-0.2, 0) is 30.1 Å². The van der Waals surface area contributed by atoms with Crippen LogP contribution in [0.3, 0.4) is 0 Å². The first-order chi connectivity index (χ1) is 41.5. The van der Waals surface area contributed by atoms with Gasteiger partial charge >= 0.3 is 0 Å². The van der Waals surface area contributed by atoms with Crippen molar-refractivity contribution in [3.63, 3.8) is 0 Å². The van der Waals surface area contributed by atoms with Crippen LogP contribution >= 0.6 is 22.7 Å². The molecule has 3 aliphatic carbocycles. The maximum absolute atomic E-state index is 2.31. The third kappa shape index (κ3) is 62.0. The zero-order chi connectivity index (χ0) is 68.2. The molecule has 552 valence electrons. The third-order valence-electron chi connectivity index (χ3n) is 11.0. The van der Waals surface area contributed by atoms with Crippen LogP contribution in [0.5, 0.6) is 0 Å². The van der Waals surface area contributed by atoms with Gasteiger partial charge in [0.25, 0.3) is 0 Å². The Morgan fingerprint density at radius 1 is 0.255 bits per heavy atom. The lowest BCUT2D eigenvalue weighted by atomic mass is 9.87. The average molecular weight is 1370 g/mol. The number of allylic oxidation sites excluding steroid dienone is 3. The first-order valence-corrected chi connectivity index (χ1v) is 34.5. The fraction of sp³-hybridized carbons (Fsp3) is 0.458. The van der Waals surface area contributed by atoms with Gasteiger partial charge in [-0.2, -0.15) is 11.3 Å². The number of hydrogen-bond acceptors (Lipinski definition) is 2. The van der Waals surface area contributed by atoms with Crippen LogP contribution in [0, 0.1) is 27.1 Å². The largest absolute Gasteiger partial charge is 0.152 e. The second kappa shape index (κ2) is 53.6. The van der Waals surface area contributed by atoms with Crippen molar-refractivity contribution in [3.8, 4) is 0 Å². The number of thiophene rings is 2. The Morgan fingerprint density at radius 3 is 0.724 bits per heavy atom. The van der Waals surface area contributed by atoms with Gasteiger partial charge in [0.15, 0.2) is 0 Å². The molecule has 2 heteroatoms. The fourth-order valence-corrected chi connectivity index (χ4v) is 8.81. The SMILES string of the molecule is C.C.C.C.C.C.C.C.C1=Cc2ccccc2C1.C1=Cc2ccccc2C1.C1=Cc2ccccc2C1.CC(C)(C)C.CC(C)(C)C.CC(C)(C)C.CC(C)(C)C.CC(C)(C)C.CC(C)(C)c1cc2ccccc2s1.CC(C)(C)c1ccccc1.c1ccc2ccccc2c1.c1ccsc1. The van der Waals surface area contributed by atoms with E-state index in [0.717, 1.165) is 19.3 Å². The lowest BCUT2D eigenvalue weighted by Gasteiger charge is -2.18. The van der Waals surface area contributed by atoms with Crippen LogP contribution < -0.4 is 0 Å². The predicted molar refractivity (Wildman–Crippen MR) is 471 cm³/mol. The van der Waals surface area contributed by atoms with E-state index in [1.54, 1.807) is 11.3 Å². The highest BCUT2D eigenvalue weighted by atomic mass is 32.1. The Bertz CT molecular complexity index is 3010. The van der Waals surface area contributed by atoms with Crippen molar-refractivity contribution in [2.24, 2.45) is 27.1 Å². The van der Waals surface area contributed by atoms with Gasteiger partial charge in [0.1, 0.15) is 0 Å². The lowest BCUT2D eigenvalue weighted by Crippen LogP contribution is -2.10. The standard InChI is InChI=1S/C12H14S.C10H8.C10H14.3C9H8.5C5H12.C4H4S.8CH4/c1-12(2,3)11-8-9-6-4-5-7-10(9)13-11;1-2-6-10-8-4-3-7-9(10)5-1;1-10(2,3)9-7-5-4-6-8-9;3*1-2-5-9-7-3-6-8(9)4-1;5*1-5(2,3)4;1-2-4-5-3-1;;;;;;;;/h4-8H,1-3H3;1-8H;4-8H,1-3H3;3*1-6H,7H2;5*1-4H3;1-4H;8*1H4. The van der Waals surface area contributed by atoms with Crippen molar-refractivity contribution >= 4 is 61.8 Å². The minimum Gasteiger partial charge on any atom is -0.152 e. The monoisotopic (exact) mass is 1370 g/mol. The molecule has 98 heavy (non-hydrogen) atoms. The van der Waals surface area contributed by atoms with Crippen LogP contribution in [-0.4, -0.2) is 0 Å². The Labute approximate surface area is 621 Å². The van der Waals surface area contributed by atoms with Gasteiger partial charge in [-0.25, -0.2) is 0 Å². The van der Waals surface area contributed by atoms with Crippen LogP contribution in [0.4, 0.5) is 0 Å². The number of fused-ring (bicyclic) bond motifs is 5. The highest BCUT2D eigenvalue weighted by Gasteiger charge is 2.16. The van der Waals surface area contributed by atoms with Gasteiger partial charge in [-0.3, -0.25) is 0 Å². The Kier molecular flexibility index (Phi) is 58.8. The van der Waals surface area contributed by atoms with Gasteiger partial charge in [0.2, 0.25) is 0 Å². The molecular weight excluding hydrogens is 1220 g/mol. The molecule has 0 spiro atoms. The predicted octanol–water partition coefficient (Wildman–Crippen LogP) is 33.9. The molecule has 0 saturated carbocycles. The van der Waals surface area contributed by atoms with E-state index in [0.29, 0.717) is 32.5 Å². The lowest BCUT2D eigenvalue weighted by molar-refractivity contribution is 0.469. The fourth-order valence-electron chi connectivity index (χ4n) is 7.24. The molecule has 12 rings (SSSR count). The molecule has 0 bridgehead atoms. The van der Waals surface area contributed by atoms with Crippen LogP contribution in [0.2, 0.25) is 0 Å². The molecular formula is C96H156S2. The highest BCUT2D eigenvalue weighted by Crippen LogP contribution is 2.34. The smallest absolute Gasteiger partial charge is 0.0345 e. The molecule has 0 saturated heterocycles. The van der Waals surface area contributed by atoms with Crippen LogP contribution in [0.1, 0.15) is 283 Å². The summed E-state index contributed by atoms with van der Waals surface area (Å²) in [5, 5.41) is 8.08. The minimum absolute atomic E-state index is 0. The van der Waals surface area contributed by atoms with Crippen molar-refractivity contribution in [1.29, 1.82) is 0 Å². The normalized spacial score (nSPS) is 11.1. The summed E-state index contributed by atoms with van der Waals surface area (Å²) in [6.45, 7) is 57.2. The molecule has 2 heterocycles. The second-order valence-electron chi connectivity index (χ2n) is 33.1. The Balaban J connectivity index is -0.000000151. The molecule has 0 fully saturated rings. The van der Waals surface area contributed by atoms with E-state index in [4.69, 9.17) is 0 Å². The average Bonchev–Trinajstić information content (AvgIpc) is 1.67. The zero-order valence-electron chi connectivity index (χ0n) is 61.5. The molecule has 0 atom stereocenters. The molecule has 0 N–H and O–H groups in total. The summed E-state index contributed by atoms with van der Waals surface area (Å²) in [5.41, 5.74) is 13.0. The van der Waals surface area contributed by atoms with E-state index in [1.165, 1.54) is 64.7 Å². The molecule has 2 aromatic heterocycles. The molecule has 0 nitrogen and oxygen atoms in total. The first kappa shape index (κ1) is 108. The van der Waals surface area contributed by atoms with Crippen molar-refractivity contribution < 1.29 is 0 Å². The zero-order valence-corrected chi connectivity index (χ0v) is 63.2. The summed E-state index contributed by atoms with van der Waals surface area (Å²) < 4.78 is 1.40. The summed E-state index contributed by atoms with van der Waals surface area (Å²) >= 11 is 3.62.